The van der Waals surface area contributed by atoms with Gasteiger partial charge in [-0.25, -0.2) is 4.79 Å². The van der Waals surface area contributed by atoms with Crippen LogP contribution in [0.2, 0.25) is 0 Å². The molecule has 7 nitrogen and oxygen atoms in total. The van der Waals surface area contributed by atoms with Crippen molar-refractivity contribution >= 4 is 11.7 Å². The first kappa shape index (κ1) is 13.4. The van der Waals surface area contributed by atoms with Crippen molar-refractivity contribution in [3.63, 3.8) is 0 Å². The largest absolute Gasteiger partial charge is 0.338 e. The van der Waals surface area contributed by atoms with Crippen molar-refractivity contribution in [3.8, 4) is 6.07 Å². The molecule has 2 N–H and O–H groups in total. The number of hydrogen-bond donors (Lipinski definition) is 2. The highest BCUT2D eigenvalue weighted by molar-refractivity contribution is 5.89. The molecule has 0 atom stereocenters. The molecule has 0 aliphatic carbocycles. The van der Waals surface area contributed by atoms with Crippen LogP contribution < -0.4 is 10.6 Å². The number of benzene rings is 1. The van der Waals surface area contributed by atoms with E-state index in [4.69, 9.17) is 10.8 Å². The van der Waals surface area contributed by atoms with Crippen LogP contribution in [-0.4, -0.2) is 19.1 Å². The van der Waals surface area contributed by atoms with Gasteiger partial charge in [-0.3, -0.25) is 0 Å². The maximum Gasteiger partial charge on any atom is 0.319 e. The van der Waals surface area contributed by atoms with Crippen LogP contribution in [0.3, 0.4) is 0 Å². The summed E-state index contributed by atoms with van der Waals surface area (Å²) >= 11 is 0. The molecule has 0 spiro atoms. The Morgan fingerprint density at radius 3 is 2.78 bits per heavy atom. The van der Waals surface area contributed by atoms with Crippen LogP contribution in [0.25, 0.3) is 10.4 Å². The number of nitriles is 1. The van der Waals surface area contributed by atoms with E-state index in [0.717, 1.165) is 0 Å². The Kier molecular flexibility index (Phi) is 5.60. The van der Waals surface area contributed by atoms with Crippen molar-refractivity contribution in [1.82, 2.24) is 5.32 Å². The maximum atomic E-state index is 11.4. The van der Waals surface area contributed by atoms with Gasteiger partial charge in [0.15, 0.2) is 0 Å². The van der Waals surface area contributed by atoms with Gasteiger partial charge in [0.1, 0.15) is 0 Å². The van der Waals surface area contributed by atoms with E-state index in [2.05, 4.69) is 20.7 Å². The molecule has 7 heteroatoms. The second-order valence-corrected chi connectivity index (χ2v) is 3.38. The lowest BCUT2D eigenvalue weighted by molar-refractivity contribution is 0.252. The number of azide groups is 1. The van der Waals surface area contributed by atoms with Gasteiger partial charge < -0.3 is 10.6 Å². The third-order valence-electron chi connectivity index (χ3n) is 2.06. The Morgan fingerprint density at radius 2 is 2.17 bits per heavy atom. The topological polar surface area (TPSA) is 114 Å². The normalized spacial score (nSPS) is 8.83. The molecule has 0 aromatic heterocycles. The molecule has 0 bridgehead atoms. The van der Waals surface area contributed by atoms with E-state index < -0.39 is 0 Å². The van der Waals surface area contributed by atoms with Gasteiger partial charge in [-0.15, -0.1) is 0 Å². The number of carbonyl (C=O) groups excluding carboxylic acids is 1. The lowest BCUT2D eigenvalue weighted by atomic mass is 10.2. The second kappa shape index (κ2) is 7.54. The van der Waals surface area contributed by atoms with Crippen LogP contribution in [0.1, 0.15) is 12.0 Å². The fraction of sp³-hybridized carbons (Fsp3) is 0.273. The quantitative estimate of drug-likeness (QED) is 0.358. The Morgan fingerprint density at radius 1 is 1.44 bits per heavy atom. The monoisotopic (exact) mass is 244 g/mol. The zero-order valence-corrected chi connectivity index (χ0v) is 9.63. The van der Waals surface area contributed by atoms with E-state index in [1.807, 2.05) is 6.07 Å². The molecule has 0 aliphatic heterocycles. The van der Waals surface area contributed by atoms with Crippen LogP contribution >= 0.6 is 0 Å². The van der Waals surface area contributed by atoms with Crippen LogP contribution in [0.5, 0.6) is 0 Å². The Labute approximate surface area is 104 Å². The number of nitrogens with one attached hydrogen (secondary N) is 2. The van der Waals surface area contributed by atoms with Crippen LogP contribution in [0, 0.1) is 11.3 Å². The molecular formula is C11H12N6O. The fourth-order valence-corrected chi connectivity index (χ4v) is 1.20. The lowest BCUT2D eigenvalue weighted by Gasteiger charge is -2.06. The molecule has 18 heavy (non-hydrogen) atoms. The van der Waals surface area contributed by atoms with Gasteiger partial charge in [0.05, 0.1) is 11.6 Å². The summed E-state index contributed by atoms with van der Waals surface area (Å²) in [6.07, 6.45) is 0.588. The molecule has 2 amide bonds. The van der Waals surface area contributed by atoms with Gasteiger partial charge >= 0.3 is 6.03 Å². The summed E-state index contributed by atoms with van der Waals surface area (Å²) < 4.78 is 0. The molecule has 1 aromatic rings. The van der Waals surface area contributed by atoms with Gasteiger partial charge in [0.2, 0.25) is 0 Å². The minimum Gasteiger partial charge on any atom is -0.338 e. The standard InChI is InChI=1S/C11H12N6O/c12-8-9-2-4-10(5-3-9)16-11(18)14-6-1-7-15-17-13/h2-5H,1,6-7H2,(H2,14,16,18). The van der Waals surface area contributed by atoms with Gasteiger partial charge in [0.25, 0.3) is 0 Å². The molecule has 0 fully saturated rings. The zero-order valence-electron chi connectivity index (χ0n) is 9.63. The van der Waals surface area contributed by atoms with Crippen molar-refractivity contribution in [3.05, 3.63) is 40.3 Å². The number of anilines is 1. The highest BCUT2D eigenvalue weighted by Crippen LogP contribution is 2.08. The number of nitrogens with zero attached hydrogens (tertiary/aromatic N) is 4. The van der Waals surface area contributed by atoms with E-state index >= 15 is 0 Å². The summed E-state index contributed by atoms with van der Waals surface area (Å²) in [5.41, 5.74) is 9.20. The van der Waals surface area contributed by atoms with Crippen molar-refractivity contribution in [2.75, 3.05) is 18.4 Å². The minimum absolute atomic E-state index is 0.333. The Bertz CT molecular complexity index is 483. The third kappa shape index (κ3) is 4.88. The van der Waals surface area contributed by atoms with E-state index in [1.54, 1.807) is 24.3 Å². The first-order valence-electron chi connectivity index (χ1n) is 5.32. The summed E-state index contributed by atoms with van der Waals surface area (Å²) in [5.74, 6) is 0. The molecule has 0 saturated heterocycles. The van der Waals surface area contributed by atoms with Crippen molar-refractivity contribution in [2.24, 2.45) is 5.11 Å². The summed E-state index contributed by atoms with van der Waals surface area (Å²) in [6.45, 7) is 0.786. The highest BCUT2D eigenvalue weighted by atomic mass is 16.2. The van der Waals surface area contributed by atoms with Gasteiger partial charge in [0, 0.05) is 23.7 Å². The van der Waals surface area contributed by atoms with E-state index in [9.17, 15) is 4.79 Å². The highest BCUT2D eigenvalue weighted by Gasteiger charge is 2.00. The van der Waals surface area contributed by atoms with Crippen molar-refractivity contribution in [1.29, 1.82) is 5.26 Å². The predicted molar refractivity (Wildman–Crippen MR) is 66.8 cm³/mol. The van der Waals surface area contributed by atoms with Crippen molar-refractivity contribution in [2.45, 2.75) is 6.42 Å². The summed E-state index contributed by atoms with van der Waals surface area (Å²) in [4.78, 5) is 14.0. The van der Waals surface area contributed by atoms with E-state index in [1.165, 1.54) is 0 Å². The smallest absolute Gasteiger partial charge is 0.319 e. The first-order valence-corrected chi connectivity index (χ1v) is 5.32. The van der Waals surface area contributed by atoms with Crippen LogP contribution in [0.15, 0.2) is 29.4 Å². The molecule has 1 rings (SSSR count). The van der Waals surface area contributed by atoms with Crippen LogP contribution in [-0.2, 0) is 0 Å². The van der Waals surface area contributed by atoms with E-state index in [0.29, 0.717) is 30.8 Å². The molecule has 0 radical (unpaired) electrons. The summed E-state index contributed by atoms with van der Waals surface area (Å²) in [7, 11) is 0. The third-order valence-corrected chi connectivity index (χ3v) is 2.06. The number of amides is 2. The van der Waals surface area contributed by atoms with Gasteiger partial charge in [-0.1, -0.05) is 5.11 Å². The Balaban J connectivity index is 2.31. The average molecular weight is 244 g/mol. The molecule has 0 unspecified atom stereocenters. The Hall–Kier alpha value is -2.71. The van der Waals surface area contributed by atoms with Crippen molar-refractivity contribution < 1.29 is 4.79 Å². The second-order valence-electron chi connectivity index (χ2n) is 3.38. The summed E-state index contributed by atoms with van der Waals surface area (Å²) in [6, 6.07) is 8.21. The predicted octanol–water partition coefficient (Wildman–Crippen LogP) is 2.38. The number of hydrogen-bond acceptors (Lipinski definition) is 3. The zero-order chi connectivity index (χ0) is 13.2. The molecule has 92 valence electrons. The molecule has 0 saturated carbocycles. The van der Waals surface area contributed by atoms with Gasteiger partial charge in [-0.2, -0.15) is 5.26 Å². The maximum absolute atomic E-state index is 11.4. The average Bonchev–Trinajstić information content (AvgIpc) is 2.39. The van der Waals surface area contributed by atoms with E-state index in [-0.39, 0.29) is 6.03 Å². The number of urea groups is 1. The minimum atomic E-state index is -0.333. The number of carbonyl (C=O) groups is 1. The molecule has 1 aromatic carbocycles. The fourth-order valence-electron chi connectivity index (χ4n) is 1.20. The van der Waals surface area contributed by atoms with Gasteiger partial charge in [-0.05, 0) is 36.2 Å². The lowest BCUT2D eigenvalue weighted by Crippen LogP contribution is -2.29. The first-order chi connectivity index (χ1) is 8.76. The SMILES string of the molecule is N#Cc1ccc(NC(=O)NCCCN=[N+]=[N-])cc1. The number of rotatable bonds is 5. The molecular weight excluding hydrogens is 232 g/mol. The van der Waals surface area contributed by atoms with Crippen LogP contribution in [0.4, 0.5) is 10.5 Å². The summed E-state index contributed by atoms with van der Waals surface area (Å²) in [5, 5.41) is 17.2. The molecule has 0 aliphatic rings. The molecule has 0 heterocycles.